The summed E-state index contributed by atoms with van der Waals surface area (Å²) in [4.78, 5) is 22.9. The molecule has 0 saturated carbocycles. The third kappa shape index (κ3) is 3.56. The van der Waals surface area contributed by atoms with Crippen molar-refractivity contribution >= 4 is 45.6 Å². The van der Waals surface area contributed by atoms with Gasteiger partial charge < -0.3 is 4.42 Å². The van der Waals surface area contributed by atoms with Crippen LogP contribution in [0.1, 0.15) is 23.1 Å². The van der Waals surface area contributed by atoms with Gasteiger partial charge in [-0.1, -0.05) is 36.0 Å². The summed E-state index contributed by atoms with van der Waals surface area (Å²) in [5.74, 6) is 0.895. The fraction of sp³-hybridized carbons (Fsp3) is 0.143. The van der Waals surface area contributed by atoms with Gasteiger partial charge in [0.05, 0.1) is 23.6 Å². The summed E-state index contributed by atoms with van der Waals surface area (Å²) >= 11 is 3.04. The summed E-state index contributed by atoms with van der Waals surface area (Å²) < 4.78 is 5.50. The summed E-state index contributed by atoms with van der Waals surface area (Å²) in [7, 11) is 0. The Kier molecular flexibility index (Phi) is 4.87. The highest BCUT2D eigenvalue weighted by molar-refractivity contribution is 8.00. The normalized spacial score (nSPS) is 16.3. The van der Waals surface area contributed by atoms with Crippen LogP contribution in [0.2, 0.25) is 0 Å². The van der Waals surface area contributed by atoms with Crippen molar-refractivity contribution in [2.24, 2.45) is 5.10 Å². The molecule has 6 nitrogen and oxygen atoms in total. The van der Waals surface area contributed by atoms with E-state index < -0.39 is 0 Å². The first kappa shape index (κ1) is 18.1. The lowest BCUT2D eigenvalue weighted by molar-refractivity contribution is -0.130. The second-order valence-corrected chi connectivity index (χ2v) is 8.43. The molecule has 0 saturated heterocycles. The lowest BCUT2D eigenvalue weighted by atomic mass is 10.1. The maximum atomic E-state index is 13.1. The van der Waals surface area contributed by atoms with Gasteiger partial charge >= 0.3 is 0 Å². The van der Waals surface area contributed by atoms with Gasteiger partial charge in [0.25, 0.3) is 5.91 Å². The molecule has 3 aromatic heterocycles. The van der Waals surface area contributed by atoms with E-state index in [1.54, 1.807) is 22.6 Å². The Bertz CT molecular complexity index is 1170. The number of aromatic nitrogens is 2. The van der Waals surface area contributed by atoms with Gasteiger partial charge in [0, 0.05) is 16.7 Å². The van der Waals surface area contributed by atoms with E-state index in [2.05, 4.69) is 15.1 Å². The van der Waals surface area contributed by atoms with Gasteiger partial charge in [0.15, 0.2) is 0 Å². The number of carbonyl (C=O) groups excluding carboxylic acids is 1. The number of amides is 1. The zero-order valence-electron chi connectivity index (χ0n) is 15.3. The van der Waals surface area contributed by atoms with Crippen molar-refractivity contribution in [1.82, 2.24) is 15.0 Å². The maximum absolute atomic E-state index is 13.1. The number of fused-ring (bicyclic) bond motifs is 1. The fourth-order valence-corrected chi connectivity index (χ4v) is 4.98. The highest BCUT2D eigenvalue weighted by atomic mass is 32.2. The van der Waals surface area contributed by atoms with E-state index in [1.165, 1.54) is 18.1 Å². The number of carbonyl (C=O) groups is 1. The van der Waals surface area contributed by atoms with Crippen LogP contribution < -0.4 is 0 Å². The summed E-state index contributed by atoms with van der Waals surface area (Å²) in [6, 6.07) is 15.4. The van der Waals surface area contributed by atoms with E-state index in [9.17, 15) is 4.79 Å². The van der Waals surface area contributed by atoms with Crippen LogP contribution in [0.5, 0.6) is 0 Å². The quantitative estimate of drug-likeness (QED) is 0.344. The largest absolute Gasteiger partial charge is 0.463 e. The number of thioether (sulfide) groups is 1. The number of hydrogen-bond acceptors (Lipinski definition) is 7. The number of nitrogens with zero attached hydrogens (tertiary/aromatic N) is 4. The minimum absolute atomic E-state index is 0.0577. The summed E-state index contributed by atoms with van der Waals surface area (Å²) in [5.41, 5.74) is 1.66. The molecule has 0 N–H and O–H groups in total. The van der Waals surface area contributed by atoms with Crippen LogP contribution in [0, 0.1) is 0 Å². The molecule has 4 heterocycles. The summed E-state index contributed by atoms with van der Waals surface area (Å²) in [6.07, 6.45) is 3.80. The number of rotatable bonds is 5. The van der Waals surface area contributed by atoms with Gasteiger partial charge in [0.1, 0.15) is 22.8 Å². The number of thiophene rings is 1. The Morgan fingerprint density at radius 3 is 2.93 bits per heavy atom. The molecule has 1 aromatic carbocycles. The van der Waals surface area contributed by atoms with Gasteiger partial charge in [-0.2, -0.15) is 5.10 Å². The van der Waals surface area contributed by atoms with E-state index in [-0.39, 0.29) is 17.7 Å². The van der Waals surface area contributed by atoms with Crippen molar-refractivity contribution in [3.05, 3.63) is 77.1 Å². The monoisotopic (exact) mass is 420 g/mol. The molecule has 0 radical (unpaired) electrons. The molecule has 4 aromatic rings. The number of hydrogen-bond donors (Lipinski definition) is 0. The Labute approximate surface area is 175 Å². The molecule has 0 bridgehead atoms. The third-order valence-electron chi connectivity index (χ3n) is 4.68. The Balaban J connectivity index is 1.39. The number of hydrazone groups is 1. The number of furan rings is 1. The standard InChI is InChI=1S/C21H16N4O2S2/c26-20(12-29-21-14-5-1-2-6-15(14)22-13-23-21)25-17(19-8-4-10-28-19)11-16(24-25)18-7-3-9-27-18/h1-10,13,17H,11-12H2/t17-/m1/s1. The van der Waals surface area contributed by atoms with Gasteiger partial charge in [-0.3, -0.25) is 4.79 Å². The van der Waals surface area contributed by atoms with Crippen molar-refractivity contribution in [3.63, 3.8) is 0 Å². The third-order valence-corrected chi connectivity index (χ3v) is 6.65. The van der Waals surface area contributed by atoms with Crippen molar-refractivity contribution in [2.45, 2.75) is 17.5 Å². The van der Waals surface area contributed by atoms with Crippen molar-refractivity contribution in [1.29, 1.82) is 0 Å². The highest BCUT2D eigenvalue weighted by Crippen LogP contribution is 2.36. The Morgan fingerprint density at radius 1 is 1.17 bits per heavy atom. The predicted octanol–water partition coefficient (Wildman–Crippen LogP) is 4.75. The summed E-state index contributed by atoms with van der Waals surface area (Å²) in [6.45, 7) is 0. The van der Waals surface area contributed by atoms with E-state index >= 15 is 0 Å². The maximum Gasteiger partial charge on any atom is 0.253 e. The van der Waals surface area contributed by atoms with Gasteiger partial charge in [-0.15, -0.1) is 11.3 Å². The molecule has 29 heavy (non-hydrogen) atoms. The Morgan fingerprint density at radius 2 is 2.10 bits per heavy atom. The van der Waals surface area contributed by atoms with E-state index in [4.69, 9.17) is 4.42 Å². The number of benzene rings is 1. The first-order chi connectivity index (χ1) is 14.3. The smallest absolute Gasteiger partial charge is 0.253 e. The molecular formula is C21H16N4O2S2. The van der Waals surface area contributed by atoms with Crippen LogP contribution in [-0.4, -0.2) is 32.3 Å². The topological polar surface area (TPSA) is 71.6 Å². The van der Waals surface area contributed by atoms with E-state index in [1.807, 2.05) is 53.9 Å². The lowest BCUT2D eigenvalue weighted by Crippen LogP contribution is -2.28. The van der Waals surface area contributed by atoms with Gasteiger partial charge in [-0.05, 0) is 29.6 Å². The van der Waals surface area contributed by atoms with E-state index in [0.29, 0.717) is 12.2 Å². The SMILES string of the molecule is O=C(CSc1ncnc2ccccc12)N1N=C(c2ccco2)C[C@@H]1c1cccs1. The molecule has 0 unspecified atom stereocenters. The molecular weight excluding hydrogens is 404 g/mol. The predicted molar refractivity (Wildman–Crippen MR) is 114 cm³/mol. The first-order valence-corrected chi connectivity index (χ1v) is 11.0. The Hall–Kier alpha value is -2.97. The van der Waals surface area contributed by atoms with Crippen LogP contribution in [0.4, 0.5) is 0 Å². The lowest BCUT2D eigenvalue weighted by Gasteiger charge is -2.20. The van der Waals surface area contributed by atoms with Crippen LogP contribution >= 0.6 is 23.1 Å². The molecule has 1 amide bonds. The summed E-state index contributed by atoms with van der Waals surface area (Å²) in [5, 5.41) is 9.97. The zero-order chi connectivity index (χ0) is 19.6. The molecule has 144 valence electrons. The average Bonchev–Trinajstić information content (AvgIpc) is 3.52. The second kappa shape index (κ2) is 7.81. The average molecular weight is 421 g/mol. The minimum atomic E-state index is -0.106. The van der Waals surface area contributed by atoms with Crippen LogP contribution in [0.15, 0.2) is 81.0 Å². The van der Waals surface area contributed by atoms with Crippen LogP contribution in [0.25, 0.3) is 10.9 Å². The van der Waals surface area contributed by atoms with Crippen molar-refractivity contribution < 1.29 is 9.21 Å². The fourth-order valence-electron chi connectivity index (χ4n) is 3.33. The first-order valence-electron chi connectivity index (χ1n) is 9.09. The molecule has 1 aliphatic heterocycles. The van der Waals surface area contributed by atoms with Crippen molar-refractivity contribution in [2.75, 3.05) is 5.75 Å². The minimum Gasteiger partial charge on any atom is -0.463 e. The molecule has 0 fully saturated rings. The van der Waals surface area contributed by atoms with Crippen LogP contribution in [0.3, 0.4) is 0 Å². The zero-order valence-corrected chi connectivity index (χ0v) is 16.9. The van der Waals surface area contributed by atoms with E-state index in [0.717, 1.165) is 26.5 Å². The number of para-hydroxylation sites is 1. The molecule has 0 spiro atoms. The van der Waals surface area contributed by atoms with Gasteiger partial charge in [-0.25, -0.2) is 15.0 Å². The molecule has 5 rings (SSSR count). The molecule has 1 aliphatic rings. The van der Waals surface area contributed by atoms with Gasteiger partial charge in [0.2, 0.25) is 0 Å². The van der Waals surface area contributed by atoms with Crippen molar-refractivity contribution in [3.8, 4) is 0 Å². The van der Waals surface area contributed by atoms with Crippen LogP contribution in [-0.2, 0) is 4.79 Å². The second-order valence-electron chi connectivity index (χ2n) is 6.48. The molecule has 0 aliphatic carbocycles. The molecule has 1 atom stereocenters. The highest BCUT2D eigenvalue weighted by Gasteiger charge is 2.34. The molecule has 8 heteroatoms.